The fourth-order valence-corrected chi connectivity index (χ4v) is 0.344. The van der Waals surface area contributed by atoms with Crippen LogP contribution in [-0.4, -0.2) is 12.0 Å². The van der Waals surface area contributed by atoms with Gasteiger partial charge < -0.3 is 5.32 Å². The molecule has 56 valence electrons. The van der Waals surface area contributed by atoms with Gasteiger partial charge in [0.05, 0.1) is 4.92 Å². The normalized spacial score (nSPS) is 12.0. The minimum Gasteiger partial charge on any atom is -0.394 e. The molecule has 0 spiro atoms. The van der Waals surface area contributed by atoms with Crippen molar-refractivity contribution < 1.29 is 4.92 Å². The molecule has 0 heterocycles. The number of allylic oxidation sites excluding steroid dienone is 3. The van der Waals surface area contributed by atoms with Crippen LogP contribution in [0.5, 0.6) is 0 Å². The van der Waals surface area contributed by atoms with Gasteiger partial charge in [0.15, 0.2) is 0 Å². The van der Waals surface area contributed by atoms with Crippen molar-refractivity contribution in [2.45, 2.75) is 6.92 Å². The van der Waals surface area contributed by atoms with E-state index in [0.29, 0.717) is 0 Å². The standard InChI is InChI=1S/C6H10N2O2/c1-6(8(9)10)4-3-5-7-2/h3-5,7H,1-2H3/b5-3-,6-4+. The molecule has 0 aliphatic rings. The summed E-state index contributed by atoms with van der Waals surface area (Å²) in [5, 5.41) is 12.7. The maximum atomic E-state index is 9.98. The van der Waals surface area contributed by atoms with Crippen molar-refractivity contribution in [3.05, 3.63) is 34.2 Å². The first-order valence-electron chi connectivity index (χ1n) is 2.83. The Morgan fingerprint density at radius 2 is 2.30 bits per heavy atom. The van der Waals surface area contributed by atoms with Crippen LogP contribution in [0, 0.1) is 10.1 Å². The maximum Gasteiger partial charge on any atom is 0.243 e. The van der Waals surface area contributed by atoms with Crippen molar-refractivity contribution in [1.29, 1.82) is 0 Å². The fourth-order valence-electron chi connectivity index (χ4n) is 0.344. The molecule has 0 amide bonds. The van der Waals surface area contributed by atoms with Crippen molar-refractivity contribution in [3.63, 3.8) is 0 Å². The second-order valence-corrected chi connectivity index (χ2v) is 1.71. The Morgan fingerprint density at radius 1 is 1.70 bits per heavy atom. The predicted octanol–water partition coefficient (Wildman–Crippen LogP) is 0.900. The Bertz CT molecular complexity index is 173. The third-order valence-electron chi connectivity index (χ3n) is 0.888. The Labute approximate surface area is 59.4 Å². The van der Waals surface area contributed by atoms with E-state index >= 15 is 0 Å². The van der Waals surface area contributed by atoms with E-state index in [9.17, 15) is 10.1 Å². The highest BCUT2D eigenvalue weighted by molar-refractivity contribution is 5.03. The van der Waals surface area contributed by atoms with E-state index in [-0.39, 0.29) is 5.70 Å². The highest BCUT2D eigenvalue weighted by atomic mass is 16.6. The summed E-state index contributed by atoms with van der Waals surface area (Å²) >= 11 is 0. The number of hydrogen-bond donors (Lipinski definition) is 1. The largest absolute Gasteiger partial charge is 0.394 e. The Kier molecular flexibility index (Phi) is 3.95. The van der Waals surface area contributed by atoms with Gasteiger partial charge >= 0.3 is 0 Å². The summed E-state index contributed by atoms with van der Waals surface area (Å²) in [5.41, 5.74) is 0.131. The average molecular weight is 142 g/mol. The minimum atomic E-state index is -0.431. The molecule has 0 unspecified atom stereocenters. The summed E-state index contributed by atoms with van der Waals surface area (Å²) < 4.78 is 0. The molecule has 4 heteroatoms. The summed E-state index contributed by atoms with van der Waals surface area (Å²) in [6.45, 7) is 1.44. The predicted molar refractivity (Wildman–Crippen MR) is 39.0 cm³/mol. The van der Waals surface area contributed by atoms with Crippen molar-refractivity contribution in [2.24, 2.45) is 0 Å². The zero-order chi connectivity index (χ0) is 7.98. The van der Waals surface area contributed by atoms with Gasteiger partial charge in [0, 0.05) is 20.0 Å². The molecule has 4 nitrogen and oxygen atoms in total. The fraction of sp³-hybridized carbons (Fsp3) is 0.333. The van der Waals surface area contributed by atoms with Gasteiger partial charge in [0.2, 0.25) is 5.70 Å². The van der Waals surface area contributed by atoms with Gasteiger partial charge in [-0.3, -0.25) is 10.1 Å². The Morgan fingerprint density at radius 3 is 2.70 bits per heavy atom. The molecular formula is C6H10N2O2. The highest BCUT2D eigenvalue weighted by Gasteiger charge is 1.96. The molecule has 0 aromatic rings. The van der Waals surface area contributed by atoms with Gasteiger partial charge in [0.1, 0.15) is 0 Å². The molecule has 0 bridgehead atoms. The molecule has 0 aromatic heterocycles. The molecule has 0 atom stereocenters. The monoisotopic (exact) mass is 142 g/mol. The molecule has 0 saturated carbocycles. The van der Waals surface area contributed by atoms with Crippen molar-refractivity contribution in [1.82, 2.24) is 5.32 Å². The number of nitrogens with zero attached hydrogens (tertiary/aromatic N) is 1. The van der Waals surface area contributed by atoms with Gasteiger partial charge in [0.25, 0.3) is 0 Å². The summed E-state index contributed by atoms with van der Waals surface area (Å²) in [5.74, 6) is 0. The lowest BCUT2D eigenvalue weighted by atomic mass is 10.4. The van der Waals surface area contributed by atoms with Crippen LogP contribution in [0.1, 0.15) is 6.92 Å². The molecule has 0 fully saturated rings. The van der Waals surface area contributed by atoms with E-state index in [1.165, 1.54) is 13.0 Å². The lowest BCUT2D eigenvalue weighted by Gasteiger charge is -1.85. The molecular weight excluding hydrogens is 132 g/mol. The molecule has 10 heavy (non-hydrogen) atoms. The molecule has 1 N–H and O–H groups in total. The maximum absolute atomic E-state index is 9.98. The first-order valence-corrected chi connectivity index (χ1v) is 2.83. The van der Waals surface area contributed by atoms with Crippen molar-refractivity contribution in [2.75, 3.05) is 7.05 Å². The Hall–Kier alpha value is -1.32. The van der Waals surface area contributed by atoms with Crippen LogP contribution in [-0.2, 0) is 0 Å². The van der Waals surface area contributed by atoms with Crippen LogP contribution in [0.3, 0.4) is 0 Å². The first-order chi connectivity index (χ1) is 4.68. The quantitative estimate of drug-likeness (QED) is 0.362. The lowest BCUT2D eigenvalue weighted by molar-refractivity contribution is -0.424. The summed E-state index contributed by atoms with van der Waals surface area (Å²) in [7, 11) is 1.73. The number of nitro groups is 1. The van der Waals surface area contributed by atoms with Gasteiger partial charge in [-0.15, -0.1) is 0 Å². The van der Waals surface area contributed by atoms with Gasteiger partial charge in [-0.05, 0) is 12.3 Å². The smallest absolute Gasteiger partial charge is 0.243 e. The van der Waals surface area contributed by atoms with E-state index < -0.39 is 4.92 Å². The molecule has 0 aliphatic heterocycles. The average Bonchev–Trinajstić information content (AvgIpc) is 1.88. The number of hydrogen-bond acceptors (Lipinski definition) is 3. The van der Waals surface area contributed by atoms with E-state index in [4.69, 9.17) is 0 Å². The molecule has 0 aliphatic carbocycles. The summed E-state index contributed by atoms with van der Waals surface area (Å²) in [4.78, 5) is 9.55. The van der Waals surface area contributed by atoms with Crippen LogP contribution >= 0.6 is 0 Å². The number of rotatable bonds is 3. The third-order valence-corrected chi connectivity index (χ3v) is 0.888. The van der Waals surface area contributed by atoms with Crippen LogP contribution in [0.25, 0.3) is 0 Å². The zero-order valence-electron chi connectivity index (χ0n) is 6.00. The Balaban J connectivity index is 3.92. The number of nitrogens with one attached hydrogen (secondary N) is 1. The highest BCUT2D eigenvalue weighted by Crippen LogP contribution is 1.91. The second-order valence-electron chi connectivity index (χ2n) is 1.71. The SMILES string of the molecule is CN/C=C\C=C(/C)[N+](=O)[O-]. The second kappa shape index (κ2) is 4.55. The van der Waals surface area contributed by atoms with Crippen molar-refractivity contribution >= 4 is 0 Å². The molecule has 0 radical (unpaired) electrons. The third kappa shape index (κ3) is 3.65. The first kappa shape index (κ1) is 8.68. The van der Waals surface area contributed by atoms with Crippen LogP contribution in [0.15, 0.2) is 24.0 Å². The van der Waals surface area contributed by atoms with Crippen LogP contribution < -0.4 is 5.32 Å². The molecule has 0 aromatic carbocycles. The van der Waals surface area contributed by atoms with Gasteiger partial charge in [-0.1, -0.05) is 0 Å². The van der Waals surface area contributed by atoms with E-state index in [2.05, 4.69) is 5.32 Å². The lowest BCUT2D eigenvalue weighted by Crippen LogP contribution is -1.93. The van der Waals surface area contributed by atoms with Crippen LogP contribution in [0.2, 0.25) is 0 Å². The minimum absolute atomic E-state index is 0.131. The molecule has 0 rings (SSSR count). The summed E-state index contributed by atoms with van der Waals surface area (Å²) in [6, 6.07) is 0. The topological polar surface area (TPSA) is 55.2 Å². The van der Waals surface area contributed by atoms with E-state index in [1.54, 1.807) is 19.3 Å². The summed E-state index contributed by atoms with van der Waals surface area (Å²) in [6.07, 6.45) is 4.63. The van der Waals surface area contributed by atoms with E-state index in [0.717, 1.165) is 0 Å². The van der Waals surface area contributed by atoms with Crippen molar-refractivity contribution in [3.8, 4) is 0 Å². The van der Waals surface area contributed by atoms with E-state index in [1.807, 2.05) is 0 Å². The van der Waals surface area contributed by atoms with Gasteiger partial charge in [-0.25, -0.2) is 0 Å². The van der Waals surface area contributed by atoms with Gasteiger partial charge in [-0.2, -0.15) is 0 Å². The zero-order valence-corrected chi connectivity index (χ0v) is 6.00. The molecule has 0 saturated heterocycles. The van der Waals surface area contributed by atoms with Crippen LogP contribution in [0.4, 0.5) is 0 Å².